The fourth-order valence-electron chi connectivity index (χ4n) is 3.34. The zero-order valence-corrected chi connectivity index (χ0v) is 13.8. The summed E-state index contributed by atoms with van der Waals surface area (Å²) in [5.41, 5.74) is 1.85. The lowest BCUT2D eigenvalue weighted by Crippen LogP contribution is -2.53. The molecule has 0 aromatic carbocycles. The van der Waals surface area contributed by atoms with Crippen LogP contribution in [0.1, 0.15) is 24.2 Å². The lowest BCUT2D eigenvalue weighted by molar-refractivity contribution is -0.101. The molecule has 1 aliphatic heterocycles. The lowest BCUT2D eigenvalue weighted by atomic mass is 10.1. The fraction of sp³-hybridized carbons (Fsp3) is 0.667. The molecule has 0 spiro atoms. The molecule has 0 amide bonds. The number of hydrogen-bond acceptors (Lipinski definition) is 5. The predicted molar refractivity (Wildman–Crippen MR) is 81.9 cm³/mol. The maximum Gasteiger partial charge on any atom is 0.211 e. The van der Waals surface area contributed by atoms with Crippen molar-refractivity contribution in [3.8, 4) is 0 Å². The van der Waals surface area contributed by atoms with Gasteiger partial charge >= 0.3 is 0 Å². The summed E-state index contributed by atoms with van der Waals surface area (Å²) in [6, 6.07) is 5.74. The Hall–Kier alpha value is -1.02. The average molecular weight is 326 g/mol. The van der Waals surface area contributed by atoms with Crippen LogP contribution in [0.25, 0.3) is 0 Å². The maximum absolute atomic E-state index is 11.9. The number of sulfonamides is 1. The molecule has 2 fully saturated rings. The first kappa shape index (κ1) is 15.9. The highest BCUT2D eigenvalue weighted by molar-refractivity contribution is 7.88. The quantitative estimate of drug-likeness (QED) is 0.829. The number of ether oxygens (including phenoxy) is 2. The van der Waals surface area contributed by atoms with Gasteiger partial charge in [-0.3, -0.25) is 4.98 Å². The molecule has 22 heavy (non-hydrogen) atoms. The summed E-state index contributed by atoms with van der Waals surface area (Å²) in [5.74, 6) is 0. The van der Waals surface area contributed by atoms with E-state index in [1.54, 1.807) is 4.31 Å². The van der Waals surface area contributed by atoms with Gasteiger partial charge in [-0.25, -0.2) is 8.42 Å². The highest BCUT2D eigenvalue weighted by atomic mass is 32.2. The first-order valence-electron chi connectivity index (χ1n) is 7.58. The number of nitrogens with zero attached hydrogens (tertiary/aromatic N) is 2. The number of fused-ring (bicyclic) bond motifs is 1. The number of rotatable bonds is 4. The first-order chi connectivity index (χ1) is 10.4. The van der Waals surface area contributed by atoms with Crippen molar-refractivity contribution >= 4 is 10.0 Å². The molecule has 3 atom stereocenters. The van der Waals surface area contributed by atoms with E-state index < -0.39 is 10.0 Å². The molecule has 0 N–H and O–H groups in total. The van der Waals surface area contributed by atoms with E-state index in [-0.39, 0.29) is 18.2 Å². The summed E-state index contributed by atoms with van der Waals surface area (Å²) in [4.78, 5) is 4.42. The van der Waals surface area contributed by atoms with Crippen LogP contribution in [0.2, 0.25) is 0 Å². The zero-order valence-electron chi connectivity index (χ0n) is 12.9. The van der Waals surface area contributed by atoms with E-state index in [2.05, 4.69) is 4.98 Å². The topological polar surface area (TPSA) is 68.7 Å². The van der Waals surface area contributed by atoms with Crippen LogP contribution in [0, 0.1) is 6.92 Å². The summed E-state index contributed by atoms with van der Waals surface area (Å²) in [6.45, 7) is 3.24. The number of aryl methyl sites for hydroxylation is 1. The Labute approximate surface area is 131 Å². The second kappa shape index (κ2) is 6.23. The van der Waals surface area contributed by atoms with Gasteiger partial charge in [0.2, 0.25) is 10.0 Å². The molecule has 6 nitrogen and oxygen atoms in total. The van der Waals surface area contributed by atoms with Gasteiger partial charge < -0.3 is 9.47 Å². The van der Waals surface area contributed by atoms with Crippen LogP contribution in [0.15, 0.2) is 18.2 Å². The summed E-state index contributed by atoms with van der Waals surface area (Å²) < 4.78 is 37.1. The number of hydrogen-bond donors (Lipinski definition) is 0. The largest absolute Gasteiger partial charge is 0.372 e. The Kier molecular flexibility index (Phi) is 4.49. The van der Waals surface area contributed by atoms with Gasteiger partial charge in [-0.1, -0.05) is 6.07 Å². The van der Waals surface area contributed by atoms with Gasteiger partial charge in [0.1, 0.15) is 6.10 Å². The zero-order chi connectivity index (χ0) is 15.7. The molecule has 122 valence electrons. The molecule has 1 aliphatic carbocycles. The molecule has 3 rings (SSSR count). The molecule has 0 unspecified atom stereocenters. The Balaban J connectivity index is 1.65. The molecular weight excluding hydrogens is 304 g/mol. The summed E-state index contributed by atoms with van der Waals surface area (Å²) >= 11 is 0. The number of pyridine rings is 1. The second-order valence-electron chi connectivity index (χ2n) is 5.97. The van der Waals surface area contributed by atoms with Crippen LogP contribution >= 0.6 is 0 Å². The van der Waals surface area contributed by atoms with E-state index in [0.29, 0.717) is 19.8 Å². The molecule has 2 aliphatic rings. The van der Waals surface area contributed by atoms with E-state index in [1.807, 2.05) is 25.1 Å². The monoisotopic (exact) mass is 326 g/mol. The molecule has 1 aromatic rings. The van der Waals surface area contributed by atoms with E-state index >= 15 is 0 Å². The van der Waals surface area contributed by atoms with Crippen molar-refractivity contribution in [1.82, 2.24) is 9.29 Å². The third kappa shape index (κ3) is 3.32. The Morgan fingerprint density at radius 3 is 2.95 bits per heavy atom. The Morgan fingerprint density at radius 1 is 1.41 bits per heavy atom. The van der Waals surface area contributed by atoms with Crippen molar-refractivity contribution in [2.45, 2.75) is 44.6 Å². The molecule has 1 saturated heterocycles. The van der Waals surface area contributed by atoms with E-state index in [9.17, 15) is 8.42 Å². The van der Waals surface area contributed by atoms with Crippen molar-refractivity contribution in [2.24, 2.45) is 0 Å². The average Bonchev–Trinajstić information content (AvgIpc) is 2.87. The van der Waals surface area contributed by atoms with Crippen LogP contribution in [0.4, 0.5) is 0 Å². The van der Waals surface area contributed by atoms with Gasteiger partial charge in [0, 0.05) is 12.2 Å². The van der Waals surface area contributed by atoms with Crippen molar-refractivity contribution in [3.05, 3.63) is 29.6 Å². The highest BCUT2D eigenvalue weighted by Crippen LogP contribution is 2.33. The Morgan fingerprint density at radius 2 is 2.23 bits per heavy atom. The minimum absolute atomic E-state index is 0.0723. The van der Waals surface area contributed by atoms with Gasteiger partial charge in [-0.2, -0.15) is 4.31 Å². The maximum atomic E-state index is 11.9. The van der Waals surface area contributed by atoms with Gasteiger partial charge in [0.25, 0.3) is 0 Å². The number of aromatic nitrogens is 1. The first-order valence-corrected chi connectivity index (χ1v) is 9.42. The highest BCUT2D eigenvalue weighted by Gasteiger charge is 2.46. The molecular formula is C15H22N2O4S. The van der Waals surface area contributed by atoms with Crippen LogP contribution in [-0.4, -0.2) is 55.4 Å². The molecule has 2 heterocycles. The smallest absolute Gasteiger partial charge is 0.211 e. The fourth-order valence-corrected chi connectivity index (χ4v) is 4.47. The third-order valence-electron chi connectivity index (χ3n) is 4.30. The molecule has 0 bridgehead atoms. The molecule has 0 radical (unpaired) electrons. The van der Waals surface area contributed by atoms with Gasteiger partial charge in [-0.15, -0.1) is 0 Å². The summed E-state index contributed by atoms with van der Waals surface area (Å²) in [5, 5.41) is 0. The van der Waals surface area contributed by atoms with Gasteiger partial charge in [0.15, 0.2) is 0 Å². The molecule has 1 saturated carbocycles. The van der Waals surface area contributed by atoms with E-state index in [1.165, 1.54) is 6.26 Å². The number of morpholine rings is 1. The summed E-state index contributed by atoms with van der Waals surface area (Å²) in [7, 11) is -3.19. The van der Waals surface area contributed by atoms with E-state index in [0.717, 1.165) is 24.2 Å². The van der Waals surface area contributed by atoms with Crippen LogP contribution < -0.4 is 0 Å². The van der Waals surface area contributed by atoms with Gasteiger partial charge in [0.05, 0.1) is 37.3 Å². The van der Waals surface area contributed by atoms with Crippen molar-refractivity contribution < 1.29 is 17.9 Å². The second-order valence-corrected chi connectivity index (χ2v) is 7.91. The van der Waals surface area contributed by atoms with Crippen molar-refractivity contribution in [1.29, 1.82) is 0 Å². The SMILES string of the molecule is Cc1cccc(CO[C@@H]2CC[C@H]3[C@H]2OCCN3S(C)(=O)=O)n1. The Bertz CT molecular complexity index is 634. The standard InChI is InChI=1S/C15H22N2O4S/c1-11-4-3-5-12(16-11)10-21-14-7-6-13-15(14)20-9-8-17(13)22(2,18)19/h3-5,13-15H,6-10H2,1-2H3/t13-,14+,15+/m0/s1. The van der Waals surface area contributed by atoms with Crippen molar-refractivity contribution in [3.63, 3.8) is 0 Å². The van der Waals surface area contributed by atoms with Crippen molar-refractivity contribution in [2.75, 3.05) is 19.4 Å². The van der Waals surface area contributed by atoms with Crippen LogP contribution in [-0.2, 0) is 26.1 Å². The third-order valence-corrected chi connectivity index (χ3v) is 5.61. The minimum Gasteiger partial charge on any atom is -0.372 e. The lowest BCUT2D eigenvalue weighted by Gasteiger charge is -2.37. The normalized spacial score (nSPS) is 29.5. The molecule has 1 aromatic heterocycles. The van der Waals surface area contributed by atoms with Gasteiger partial charge in [-0.05, 0) is 31.9 Å². The summed E-state index contributed by atoms with van der Waals surface area (Å²) in [6.07, 6.45) is 2.61. The predicted octanol–water partition coefficient (Wildman–Crippen LogP) is 1.10. The molecule has 7 heteroatoms. The van der Waals surface area contributed by atoms with Crippen LogP contribution in [0.5, 0.6) is 0 Å². The van der Waals surface area contributed by atoms with Crippen LogP contribution in [0.3, 0.4) is 0 Å². The van der Waals surface area contributed by atoms with E-state index in [4.69, 9.17) is 9.47 Å². The minimum atomic E-state index is -3.19.